The number of benzene rings is 2. The summed E-state index contributed by atoms with van der Waals surface area (Å²) in [7, 11) is 2.08. The molecule has 0 unspecified atom stereocenters. The Labute approximate surface area is 164 Å². The molecule has 0 aliphatic carbocycles. The van der Waals surface area contributed by atoms with Crippen molar-refractivity contribution in [2.75, 3.05) is 12.9 Å². The van der Waals surface area contributed by atoms with Crippen molar-refractivity contribution in [3.63, 3.8) is 0 Å². The molecule has 0 aliphatic heterocycles. The molecule has 134 valence electrons. The third-order valence-corrected chi connectivity index (χ3v) is 5.93. The highest BCUT2D eigenvalue weighted by Crippen LogP contribution is 2.40. The molecule has 0 bridgehead atoms. The zero-order valence-electron chi connectivity index (χ0n) is 15.4. The van der Waals surface area contributed by atoms with Gasteiger partial charge in [-0.25, -0.2) is 4.57 Å². The first-order valence-corrected chi connectivity index (χ1v) is 10.8. The van der Waals surface area contributed by atoms with Crippen molar-refractivity contribution < 1.29 is 9.30 Å². The lowest BCUT2D eigenvalue weighted by atomic mass is 10.1. The van der Waals surface area contributed by atoms with Gasteiger partial charge >= 0.3 is 0 Å². The van der Waals surface area contributed by atoms with Gasteiger partial charge in [-0.05, 0) is 42.5 Å². The quantitative estimate of drug-likeness (QED) is 0.376. The van der Waals surface area contributed by atoms with Crippen molar-refractivity contribution in [2.45, 2.75) is 28.0 Å². The SMILES string of the molecule is CCCOc1cccc(-c2c[n+](C)cc(Sc3ccccc3)c2SC)c1. The van der Waals surface area contributed by atoms with Crippen molar-refractivity contribution in [1.82, 2.24) is 0 Å². The molecule has 26 heavy (non-hydrogen) atoms. The minimum atomic E-state index is 0.747. The Kier molecular flexibility index (Phi) is 6.64. The Bertz CT molecular complexity index is 865. The van der Waals surface area contributed by atoms with Crippen molar-refractivity contribution in [3.05, 3.63) is 67.0 Å². The van der Waals surface area contributed by atoms with Crippen molar-refractivity contribution in [2.24, 2.45) is 7.05 Å². The van der Waals surface area contributed by atoms with Gasteiger partial charge < -0.3 is 4.74 Å². The third kappa shape index (κ3) is 4.63. The number of ether oxygens (including phenoxy) is 1. The van der Waals surface area contributed by atoms with E-state index < -0.39 is 0 Å². The Hall–Kier alpha value is -1.91. The summed E-state index contributed by atoms with van der Waals surface area (Å²) in [5.74, 6) is 0.931. The molecule has 0 aliphatic rings. The molecule has 2 nitrogen and oxygen atoms in total. The van der Waals surface area contributed by atoms with Gasteiger partial charge in [0.2, 0.25) is 0 Å². The van der Waals surface area contributed by atoms with Gasteiger partial charge in [0.25, 0.3) is 0 Å². The summed E-state index contributed by atoms with van der Waals surface area (Å²) in [5.41, 5.74) is 2.43. The summed E-state index contributed by atoms with van der Waals surface area (Å²) in [4.78, 5) is 3.81. The Morgan fingerprint density at radius 3 is 2.54 bits per heavy atom. The summed E-state index contributed by atoms with van der Waals surface area (Å²) in [6, 6.07) is 18.9. The molecule has 0 atom stereocenters. The molecule has 4 heteroatoms. The normalized spacial score (nSPS) is 10.7. The van der Waals surface area contributed by atoms with E-state index in [2.05, 4.69) is 85.7 Å². The van der Waals surface area contributed by atoms with Gasteiger partial charge in [-0.3, -0.25) is 0 Å². The smallest absolute Gasteiger partial charge is 0.183 e. The molecule has 0 fully saturated rings. The predicted molar refractivity (Wildman–Crippen MR) is 111 cm³/mol. The molecule has 0 spiro atoms. The molecule has 1 aromatic heterocycles. The zero-order chi connectivity index (χ0) is 18.4. The zero-order valence-corrected chi connectivity index (χ0v) is 17.1. The van der Waals surface area contributed by atoms with Crippen LogP contribution < -0.4 is 9.30 Å². The second-order valence-corrected chi connectivity index (χ2v) is 7.96. The Morgan fingerprint density at radius 1 is 1.00 bits per heavy atom. The van der Waals surface area contributed by atoms with Crippen LogP contribution in [0, 0.1) is 0 Å². The maximum atomic E-state index is 5.83. The van der Waals surface area contributed by atoms with E-state index in [1.165, 1.54) is 25.8 Å². The molecule has 0 radical (unpaired) electrons. The second kappa shape index (κ2) is 9.15. The maximum absolute atomic E-state index is 5.83. The van der Waals surface area contributed by atoms with E-state index in [4.69, 9.17) is 4.74 Å². The van der Waals surface area contributed by atoms with Crippen LogP contribution in [-0.2, 0) is 7.05 Å². The van der Waals surface area contributed by atoms with Crippen LogP contribution in [0.1, 0.15) is 13.3 Å². The lowest BCUT2D eigenvalue weighted by molar-refractivity contribution is -0.673. The fourth-order valence-corrected chi connectivity index (χ4v) is 4.74. The number of aryl methyl sites for hydroxylation is 1. The van der Waals surface area contributed by atoms with Gasteiger partial charge in [0.15, 0.2) is 12.4 Å². The molecule has 0 amide bonds. The number of pyridine rings is 1. The minimum Gasteiger partial charge on any atom is -0.494 e. The van der Waals surface area contributed by atoms with E-state index in [1.807, 2.05) is 6.07 Å². The van der Waals surface area contributed by atoms with Crippen molar-refractivity contribution in [1.29, 1.82) is 0 Å². The van der Waals surface area contributed by atoms with E-state index in [9.17, 15) is 0 Å². The third-order valence-electron chi connectivity index (χ3n) is 3.92. The van der Waals surface area contributed by atoms with Crippen LogP contribution in [0.15, 0.2) is 81.7 Å². The Balaban J connectivity index is 2.02. The fourth-order valence-electron chi connectivity index (χ4n) is 2.75. The summed E-state index contributed by atoms with van der Waals surface area (Å²) in [6.07, 6.45) is 7.55. The van der Waals surface area contributed by atoms with Crippen LogP contribution in [0.2, 0.25) is 0 Å². The summed E-state index contributed by atoms with van der Waals surface area (Å²) in [5, 5.41) is 0. The van der Waals surface area contributed by atoms with Crippen molar-refractivity contribution in [3.8, 4) is 16.9 Å². The van der Waals surface area contributed by atoms with Gasteiger partial charge in [-0.1, -0.05) is 49.0 Å². The van der Waals surface area contributed by atoms with Gasteiger partial charge in [0, 0.05) is 9.79 Å². The predicted octanol–water partition coefficient (Wildman–Crippen LogP) is 5.84. The topological polar surface area (TPSA) is 13.1 Å². The van der Waals surface area contributed by atoms with Crippen molar-refractivity contribution >= 4 is 23.5 Å². The molecule has 3 aromatic rings. The molecule has 2 aromatic carbocycles. The number of aromatic nitrogens is 1. The van der Waals surface area contributed by atoms with E-state index in [0.717, 1.165) is 18.8 Å². The highest BCUT2D eigenvalue weighted by atomic mass is 32.2. The molecular formula is C22H24NOS2+. The van der Waals surface area contributed by atoms with Crippen LogP contribution in [0.4, 0.5) is 0 Å². The lowest BCUT2D eigenvalue weighted by Gasteiger charge is -2.12. The van der Waals surface area contributed by atoms with Gasteiger partial charge in [0.05, 0.1) is 17.1 Å². The monoisotopic (exact) mass is 382 g/mol. The van der Waals surface area contributed by atoms with Gasteiger partial charge in [0.1, 0.15) is 12.8 Å². The number of hydrogen-bond donors (Lipinski definition) is 0. The number of nitrogens with zero attached hydrogens (tertiary/aromatic N) is 1. The number of rotatable bonds is 7. The first-order chi connectivity index (χ1) is 12.7. The molecule has 0 saturated carbocycles. The van der Waals surface area contributed by atoms with E-state index in [1.54, 1.807) is 23.5 Å². The van der Waals surface area contributed by atoms with E-state index in [-0.39, 0.29) is 0 Å². The van der Waals surface area contributed by atoms with E-state index in [0.29, 0.717) is 0 Å². The van der Waals surface area contributed by atoms with Gasteiger partial charge in [-0.15, -0.1) is 11.8 Å². The first-order valence-electron chi connectivity index (χ1n) is 8.74. The number of hydrogen-bond acceptors (Lipinski definition) is 3. The molecular weight excluding hydrogens is 358 g/mol. The summed E-state index contributed by atoms with van der Waals surface area (Å²) in [6.45, 7) is 2.87. The second-order valence-electron chi connectivity index (χ2n) is 6.03. The molecule has 0 N–H and O–H groups in total. The lowest BCUT2D eigenvalue weighted by Crippen LogP contribution is -2.27. The van der Waals surface area contributed by atoms with Crippen LogP contribution in [0.25, 0.3) is 11.1 Å². The van der Waals surface area contributed by atoms with Crippen LogP contribution in [0.3, 0.4) is 0 Å². The van der Waals surface area contributed by atoms with Crippen LogP contribution in [0.5, 0.6) is 5.75 Å². The summed E-state index contributed by atoms with van der Waals surface area (Å²) < 4.78 is 7.97. The summed E-state index contributed by atoms with van der Waals surface area (Å²) >= 11 is 3.60. The highest BCUT2D eigenvalue weighted by Gasteiger charge is 2.17. The fraction of sp³-hybridized carbons (Fsp3) is 0.227. The minimum absolute atomic E-state index is 0.747. The van der Waals surface area contributed by atoms with E-state index >= 15 is 0 Å². The first kappa shape index (κ1) is 18.9. The average Bonchev–Trinajstić information content (AvgIpc) is 2.67. The molecule has 3 rings (SSSR count). The highest BCUT2D eigenvalue weighted by molar-refractivity contribution is 8.02. The Morgan fingerprint density at radius 2 is 1.81 bits per heavy atom. The van der Waals surface area contributed by atoms with Crippen LogP contribution in [-0.4, -0.2) is 12.9 Å². The largest absolute Gasteiger partial charge is 0.494 e. The van der Waals surface area contributed by atoms with Crippen LogP contribution >= 0.6 is 23.5 Å². The maximum Gasteiger partial charge on any atom is 0.183 e. The molecule has 0 saturated heterocycles. The van der Waals surface area contributed by atoms with Gasteiger partial charge in [-0.2, -0.15) is 0 Å². The average molecular weight is 383 g/mol. The molecule has 1 heterocycles. The standard InChI is InChI=1S/C22H24NOS2/c1-4-13-24-18-10-8-9-17(14-18)20-15-23(2)16-21(22(20)25-3)26-19-11-6-5-7-12-19/h5-12,14-16H,4,13H2,1-3H3/q+1. The number of thioether (sulfide) groups is 1.